The molecule has 0 fully saturated rings. The number of hydrogen-bond donors (Lipinski definition) is 1. The number of pyridine rings is 2. The van der Waals surface area contributed by atoms with Crippen molar-refractivity contribution in [3.63, 3.8) is 0 Å². The minimum absolute atomic E-state index is 0.487. The van der Waals surface area contributed by atoms with E-state index >= 15 is 0 Å². The van der Waals surface area contributed by atoms with E-state index in [0.717, 1.165) is 16.5 Å². The molecule has 0 aliphatic heterocycles. The van der Waals surface area contributed by atoms with Gasteiger partial charge >= 0.3 is 0 Å². The van der Waals surface area contributed by atoms with Crippen LogP contribution in [0.2, 0.25) is 0 Å². The standard InChI is InChI=1S/C9H9N3/c10-4-8-6-11-5-7-2-1-3-12-9(7)8/h1-3,5-6H,4,10H2. The maximum absolute atomic E-state index is 5.54. The normalized spacial score (nSPS) is 10.4. The molecule has 3 heteroatoms. The summed E-state index contributed by atoms with van der Waals surface area (Å²) in [6, 6.07) is 3.87. The molecule has 2 rings (SSSR count). The Morgan fingerprint density at radius 3 is 3.08 bits per heavy atom. The van der Waals surface area contributed by atoms with Gasteiger partial charge in [-0.25, -0.2) is 0 Å². The van der Waals surface area contributed by atoms with E-state index in [1.54, 1.807) is 18.6 Å². The van der Waals surface area contributed by atoms with Gasteiger partial charge in [0.15, 0.2) is 0 Å². The van der Waals surface area contributed by atoms with Crippen molar-refractivity contribution in [1.29, 1.82) is 0 Å². The van der Waals surface area contributed by atoms with Crippen molar-refractivity contribution in [3.8, 4) is 0 Å². The number of fused-ring (bicyclic) bond motifs is 1. The molecule has 3 nitrogen and oxygen atoms in total. The van der Waals surface area contributed by atoms with Gasteiger partial charge in [0.25, 0.3) is 0 Å². The molecule has 2 heterocycles. The van der Waals surface area contributed by atoms with Gasteiger partial charge < -0.3 is 5.73 Å². The summed E-state index contributed by atoms with van der Waals surface area (Å²) in [6.07, 6.45) is 5.32. The van der Waals surface area contributed by atoms with Gasteiger partial charge in [0, 0.05) is 36.1 Å². The van der Waals surface area contributed by atoms with Crippen LogP contribution in [0.25, 0.3) is 10.9 Å². The highest BCUT2D eigenvalue weighted by molar-refractivity contribution is 5.80. The van der Waals surface area contributed by atoms with E-state index in [0.29, 0.717) is 6.54 Å². The molecule has 0 aromatic carbocycles. The van der Waals surface area contributed by atoms with E-state index in [9.17, 15) is 0 Å². The molecule has 0 aliphatic carbocycles. The van der Waals surface area contributed by atoms with Gasteiger partial charge in [0.1, 0.15) is 0 Å². The zero-order valence-electron chi connectivity index (χ0n) is 6.57. The van der Waals surface area contributed by atoms with Crippen molar-refractivity contribution in [2.45, 2.75) is 6.54 Å². The van der Waals surface area contributed by atoms with Crippen LogP contribution in [0.1, 0.15) is 5.56 Å². The van der Waals surface area contributed by atoms with Gasteiger partial charge in [-0.1, -0.05) is 0 Å². The van der Waals surface area contributed by atoms with Crippen molar-refractivity contribution >= 4 is 10.9 Å². The number of hydrogen-bond acceptors (Lipinski definition) is 3. The summed E-state index contributed by atoms with van der Waals surface area (Å²) in [4.78, 5) is 8.30. The Morgan fingerprint density at radius 1 is 1.33 bits per heavy atom. The summed E-state index contributed by atoms with van der Waals surface area (Å²) in [5.41, 5.74) is 7.48. The van der Waals surface area contributed by atoms with E-state index in [1.165, 1.54) is 0 Å². The minimum Gasteiger partial charge on any atom is -0.326 e. The van der Waals surface area contributed by atoms with Crippen molar-refractivity contribution in [2.75, 3.05) is 0 Å². The first-order valence-corrected chi connectivity index (χ1v) is 3.79. The molecule has 0 unspecified atom stereocenters. The van der Waals surface area contributed by atoms with E-state index in [-0.39, 0.29) is 0 Å². The molecule has 2 aromatic rings. The van der Waals surface area contributed by atoms with Crippen molar-refractivity contribution in [3.05, 3.63) is 36.3 Å². The maximum Gasteiger partial charge on any atom is 0.0777 e. The molecule has 0 amide bonds. The van der Waals surface area contributed by atoms with Crippen LogP contribution in [0.15, 0.2) is 30.7 Å². The fourth-order valence-electron chi connectivity index (χ4n) is 1.21. The quantitative estimate of drug-likeness (QED) is 0.677. The first kappa shape index (κ1) is 7.18. The minimum atomic E-state index is 0.487. The van der Waals surface area contributed by atoms with E-state index in [4.69, 9.17) is 5.73 Å². The fraction of sp³-hybridized carbons (Fsp3) is 0.111. The van der Waals surface area contributed by atoms with Gasteiger partial charge in [0.05, 0.1) is 5.52 Å². The first-order chi connectivity index (χ1) is 5.92. The SMILES string of the molecule is NCc1cncc2cccnc12. The van der Waals surface area contributed by atoms with Gasteiger partial charge in [-0.15, -0.1) is 0 Å². The number of aromatic nitrogens is 2. The largest absolute Gasteiger partial charge is 0.326 e. The van der Waals surface area contributed by atoms with Gasteiger partial charge in [-0.3, -0.25) is 9.97 Å². The number of nitrogens with two attached hydrogens (primary N) is 1. The average Bonchev–Trinajstić information content (AvgIpc) is 2.17. The molecular weight excluding hydrogens is 150 g/mol. The topological polar surface area (TPSA) is 51.8 Å². The second-order valence-electron chi connectivity index (χ2n) is 2.58. The highest BCUT2D eigenvalue weighted by atomic mass is 14.7. The van der Waals surface area contributed by atoms with Crippen LogP contribution >= 0.6 is 0 Å². The monoisotopic (exact) mass is 159 g/mol. The third kappa shape index (κ3) is 1.04. The summed E-state index contributed by atoms with van der Waals surface area (Å²) in [5.74, 6) is 0. The zero-order chi connectivity index (χ0) is 8.39. The molecule has 60 valence electrons. The second-order valence-corrected chi connectivity index (χ2v) is 2.58. The summed E-state index contributed by atoms with van der Waals surface area (Å²) in [5, 5.41) is 1.04. The molecule has 0 saturated carbocycles. The van der Waals surface area contributed by atoms with Gasteiger partial charge in [-0.2, -0.15) is 0 Å². The number of nitrogens with zero attached hydrogens (tertiary/aromatic N) is 2. The van der Waals surface area contributed by atoms with E-state index in [2.05, 4.69) is 9.97 Å². The van der Waals surface area contributed by atoms with Crippen LogP contribution in [0, 0.1) is 0 Å². The smallest absolute Gasteiger partial charge is 0.0777 e. The first-order valence-electron chi connectivity index (χ1n) is 3.79. The third-order valence-corrected chi connectivity index (χ3v) is 1.81. The molecule has 2 N–H and O–H groups in total. The fourth-order valence-corrected chi connectivity index (χ4v) is 1.21. The molecule has 0 saturated heterocycles. The Hall–Kier alpha value is -1.48. The van der Waals surface area contributed by atoms with Crippen LogP contribution < -0.4 is 5.73 Å². The van der Waals surface area contributed by atoms with Gasteiger partial charge in [-0.05, 0) is 12.1 Å². The van der Waals surface area contributed by atoms with Crippen molar-refractivity contribution < 1.29 is 0 Å². The molecule has 12 heavy (non-hydrogen) atoms. The van der Waals surface area contributed by atoms with Crippen molar-refractivity contribution in [1.82, 2.24) is 9.97 Å². The van der Waals surface area contributed by atoms with Crippen LogP contribution in [0.5, 0.6) is 0 Å². The van der Waals surface area contributed by atoms with Crippen LogP contribution in [-0.2, 0) is 6.54 Å². The molecule has 0 radical (unpaired) electrons. The molecule has 0 spiro atoms. The molecule has 0 bridgehead atoms. The Bertz CT molecular complexity index is 392. The predicted octanol–water partition coefficient (Wildman–Crippen LogP) is 1.09. The Balaban J connectivity index is 2.79. The van der Waals surface area contributed by atoms with Crippen LogP contribution in [-0.4, -0.2) is 9.97 Å². The second kappa shape index (κ2) is 2.87. The van der Waals surface area contributed by atoms with E-state index in [1.807, 2.05) is 12.1 Å². The van der Waals surface area contributed by atoms with Crippen LogP contribution in [0.4, 0.5) is 0 Å². The molecule has 0 atom stereocenters. The molecular formula is C9H9N3. The Kier molecular flexibility index (Phi) is 1.72. The Labute approximate surface area is 70.3 Å². The van der Waals surface area contributed by atoms with Gasteiger partial charge in [0.2, 0.25) is 0 Å². The molecule has 2 aromatic heterocycles. The highest BCUT2D eigenvalue weighted by Gasteiger charge is 1.98. The lowest BCUT2D eigenvalue weighted by Crippen LogP contribution is -1.98. The number of rotatable bonds is 1. The zero-order valence-corrected chi connectivity index (χ0v) is 6.57. The maximum atomic E-state index is 5.54. The van der Waals surface area contributed by atoms with Crippen molar-refractivity contribution in [2.24, 2.45) is 5.73 Å². The third-order valence-electron chi connectivity index (χ3n) is 1.81. The summed E-state index contributed by atoms with van der Waals surface area (Å²) >= 11 is 0. The average molecular weight is 159 g/mol. The lowest BCUT2D eigenvalue weighted by atomic mass is 10.2. The summed E-state index contributed by atoms with van der Waals surface area (Å²) in [7, 11) is 0. The highest BCUT2D eigenvalue weighted by Crippen LogP contribution is 2.12. The lowest BCUT2D eigenvalue weighted by Gasteiger charge is -2.00. The van der Waals surface area contributed by atoms with E-state index < -0.39 is 0 Å². The Morgan fingerprint density at radius 2 is 2.25 bits per heavy atom. The molecule has 0 aliphatic rings. The lowest BCUT2D eigenvalue weighted by molar-refractivity contribution is 1.06. The summed E-state index contributed by atoms with van der Waals surface area (Å²) < 4.78 is 0. The summed E-state index contributed by atoms with van der Waals surface area (Å²) in [6.45, 7) is 0.487. The predicted molar refractivity (Wildman–Crippen MR) is 47.4 cm³/mol. The van der Waals surface area contributed by atoms with Crippen LogP contribution in [0.3, 0.4) is 0 Å².